The Morgan fingerprint density at radius 3 is 1.31 bits per heavy atom. The number of aromatic carboxylic acids is 4. The molecule has 0 atom stereocenters. The first-order chi connectivity index (χ1) is 20.6. The van der Waals surface area contributed by atoms with Crippen molar-refractivity contribution in [2.24, 2.45) is 0 Å². The van der Waals surface area contributed by atoms with Crippen molar-refractivity contribution in [2.75, 3.05) is 0 Å². The number of carbonyl (C=O) groups excluding carboxylic acids is 1. The molecule has 4 rings (SSSR count). The van der Waals surface area contributed by atoms with Crippen LogP contribution in [0.15, 0.2) is 54.6 Å². The van der Waals surface area contributed by atoms with Crippen LogP contribution in [0, 0.1) is 52.0 Å². The standard InChI is InChI=1S/C9H7O4.C8H7O3.2C8H7O2.4Y/c1-5-4-6(8(10)11)2-3-7(5)9(12)13;1-5-4-6(8(10)11)2-3-7(5)9;1-6-4-7(5-9)2-3-8(6)10;1-6-3-2-4-7(5-6)8(9)10;;;;/h2,4H,1H3,(H,10,11)(H,12,13);2,4,9H,1H3,(H,10,11);2,4-5,10H,1H3;3-5H,1H3,(H,9,10);;;;/q4*-1;;;;. The largest absolute Gasteiger partial charge is 0.534 e. The van der Waals surface area contributed by atoms with E-state index in [0.717, 1.165) is 17.9 Å². The van der Waals surface area contributed by atoms with Gasteiger partial charge in [-0.25, -0.2) is 0 Å². The third-order valence-corrected chi connectivity index (χ3v) is 5.40. The van der Waals surface area contributed by atoms with Gasteiger partial charge in [-0.3, -0.25) is 14.4 Å². The van der Waals surface area contributed by atoms with Crippen LogP contribution in [0.1, 0.15) is 74.0 Å². The van der Waals surface area contributed by atoms with E-state index in [4.69, 9.17) is 30.6 Å². The second kappa shape index (κ2) is 27.2. The van der Waals surface area contributed by atoms with Gasteiger partial charge in [0.1, 0.15) is 0 Å². The molecule has 0 aliphatic carbocycles. The molecule has 0 saturated carbocycles. The molecule has 48 heavy (non-hydrogen) atoms. The van der Waals surface area contributed by atoms with Crippen LogP contribution < -0.4 is 0 Å². The summed E-state index contributed by atoms with van der Waals surface area (Å²) in [6.07, 6.45) is 0.725. The van der Waals surface area contributed by atoms with Crippen LogP contribution in [0.5, 0.6) is 11.5 Å². The van der Waals surface area contributed by atoms with E-state index in [1.807, 2.05) is 6.92 Å². The number of rotatable bonds is 5. The number of hydrogen-bond acceptors (Lipinski definition) is 7. The smallest absolute Gasteiger partial charge is 0.292 e. The first-order valence-corrected chi connectivity index (χ1v) is 12.4. The van der Waals surface area contributed by atoms with Crippen molar-refractivity contribution in [1.29, 1.82) is 0 Å². The van der Waals surface area contributed by atoms with Crippen LogP contribution in [-0.2, 0) is 131 Å². The zero-order valence-corrected chi connectivity index (χ0v) is 37.7. The van der Waals surface area contributed by atoms with Crippen molar-refractivity contribution < 1.29 is 185 Å². The third kappa shape index (κ3) is 19.6. The zero-order chi connectivity index (χ0) is 33.6. The van der Waals surface area contributed by atoms with E-state index in [9.17, 15) is 24.0 Å². The van der Waals surface area contributed by atoms with Gasteiger partial charge in [-0.2, -0.15) is 54.1 Å². The van der Waals surface area contributed by atoms with E-state index in [2.05, 4.69) is 24.3 Å². The van der Waals surface area contributed by atoms with Gasteiger partial charge in [0.2, 0.25) is 5.97 Å². The first kappa shape index (κ1) is 53.2. The number of phenols is 2. The second-order valence-corrected chi connectivity index (χ2v) is 8.97. The van der Waals surface area contributed by atoms with E-state index in [0.29, 0.717) is 27.8 Å². The van der Waals surface area contributed by atoms with Crippen molar-refractivity contribution in [3.8, 4) is 11.5 Å². The van der Waals surface area contributed by atoms with E-state index < -0.39 is 23.9 Å². The molecule has 4 aromatic carbocycles. The summed E-state index contributed by atoms with van der Waals surface area (Å²) >= 11 is 0. The molecule has 6 N–H and O–H groups in total. The van der Waals surface area contributed by atoms with Crippen LogP contribution in [-0.4, -0.2) is 60.8 Å². The van der Waals surface area contributed by atoms with Crippen molar-refractivity contribution >= 4 is 30.2 Å². The molecule has 0 saturated heterocycles. The Morgan fingerprint density at radius 2 is 0.958 bits per heavy atom. The van der Waals surface area contributed by atoms with Crippen LogP contribution in [0.3, 0.4) is 0 Å². The van der Waals surface area contributed by atoms with E-state index in [-0.39, 0.29) is 159 Å². The maximum atomic E-state index is 10.5. The molecule has 0 aliphatic heterocycles. The first-order valence-electron chi connectivity index (χ1n) is 12.4. The number of aldehydes is 1. The Morgan fingerprint density at radius 1 is 0.542 bits per heavy atom. The minimum atomic E-state index is -1.10. The van der Waals surface area contributed by atoms with Crippen LogP contribution >= 0.6 is 0 Å². The number of phenolic OH excluding ortho intramolecular Hbond substituents is 2. The van der Waals surface area contributed by atoms with Gasteiger partial charge < -0.3 is 40.2 Å². The van der Waals surface area contributed by atoms with Gasteiger partial charge in [0.05, 0.1) is 6.29 Å². The second-order valence-electron chi connectivity index (χ2n) is 8.97. The predicted octanol–water partition coefficient (Wildman–Crippen LogP) is 5.19. The molecular formula is C33H28O11Y4-4. The molecular weight excluding hydrogens is 928 g/mol. The summed E-state index contributed by atoms with van der Waals surface area (Å²) in [6.45, 7) is 6.71. The van der Waals surface area contributed by atoms with Crippen LogP contribution in [0.2, 0.25) is 0 Å². The SMILES string of the molecule is Cc1c[c-]cc(C(=O)O)c1.Cc1cc(C(=O)O)c[c-]c1C(=O)O.Cc1cc(C(=O)O)c[c-]c1O.Cc1cc(C=O)c[c-]c1O.[Y].[Y].[Y].[Y]. The zero-order valence-electron chi connectivity index (χ0n) is 26.3. The molecule has 0 amide bonds. The summed E-state index contributed by atoms with van der Waals surface area (Å²) in [6, 6.07) is 23.1. The van der Waals surface area contributed by atoms with Gasteiger partial charge in [0.25, 0.3) is 17.9 Å². The molecule has 0 aromatic heterocycles. The van der Waals surface area contributed by atoms with Crippen molar-refractivity contribution in [3.63, 3.8) is 0 Å². The topological polar surface area (TPSA) is 207 Å². The maximum absolute atomic E-state index is 10.5. The number of aryl methyl sites for hydroxylation is 4. The van der Waals surface area contributed by atoms with Crippen molar-refractivity contribution in [1.82, 2.24) is 0 Å². The molecule has 0 fully saturated rings. The number of benzene rings is 4. The molecule has 0 aliphatic rings. The summed E-state index contributed by atoms with van der Waals surface area (Å²) in [5.41, 5.74) is 3.52. The Kier molecular flexibility index (Phi) is 30.2. The number of carboxylic acid groups (broad SMARTS) is 4. The van der Waals surface area contributed by atoms with Crippen molar-refractivity contribution in [3.05, 3.63) is 129 Å². The van der Waals surface area contributed by atoms with Crippen molar-refractivity contribution in [2.45, 2.75) is 27.7 Å². The minimum Gasteiger partial charge on any atom is -0.534 e. The maximum Gasteiger partial charge on any atom is 0.292 e. The third-order valence-electron chi connectivity index (χ3n) is 5.40. The number of carbonyl (C=O) groups is 5. The van der Waals surface area contributed by atoms with Gasteiger partial charge in [-0.05, 0) is 5.56 Å². The molecule has 4 aromatic rings. The van der Waals surface area contributed by atoms with E-state index >= 15 is 0 Å². The molecule has 11 nitrogen and oxygen atoms in total. The fourth-order valence-electron chi connectivity index (χ4n) is 3.10. The van der Waals surface area contributed by atoms with Gasteiger partial charge in [0, 0.05) is 142 Å². The molecule has 0 bridgehead atoms. The number of hydrogen-bond donors (Lipinski definition) is 6. The van der Waals surface area contributed by atoms with Gasteiger partial charge in [-0.15, -0.1) is 47.0 Å². The summed E-state index contributed by atoms with van der Waals surface area (Å²) in [7, 11) is 0. The average molecular weight is 956 g/mol. The molecule has 0 spiro atoms. The van der Waals surface area contributed by atoms with Gasteiger partial charge in [0.15, 0.2) is 0 Å². The quantitative estimate of drug-likeness (QED) is 0.114. The van der Waals surface area contributed by atoms with Crippen LogP contribution in [0.4, 0.5) is 0 Å². The Hall–Kier alpha value is -1.55. The summed E-state index contributed by atoms with van der Waals surface area (Å²) in [5.74, 6) is -4.00. The van der Waals surface area contributed by atoms with Gasteiger partial charge >= 0.3 is 0 Å². The van der Waals surface area contributed by atoms with Crippen LogP contribution in [0.25, 0.3) is 0 Å². The molecule has 242 valence electrons. The Balaban J connectivity index is -0.000000263. The Bertz CT molecular complexity index is 1680. The fraction of sp³-hybridized carbons (Fsp3) is 0.121. The van der Waals surface area contributed by atoms with E-state index in [1.54, 1.807) is 32.0 Å². The fourth-order valence-corrected chi connectivity index (χ4v) is 3.10. The number of carboxylic acids is 4. The summed E-state index contributed by atoms with van der Waals surface area (Å²) in [5, 5.41) is 52.1. The van der Waals surface area contributed by atoms with E-state index in [1.165, 1.54) is 37.3 Å². The summed E-state index contributed by atoms with van der Waals surface area (Å²) in [4.78, 5) is 51.9. The van der Waals surface area contributed by atoms with Gasteiger partial charge in [-0.1, -0.05) is 49.9 Å². The molecule has 0 unspecified atom stereocenters. The monoisotopic (exact) mass is 956 g/mol. The molecule has 0 heterocycles. The summed E-state index contributed by atoms with van der Waals surface area (Å²) < 4.78 is 0. The molecule has 4 radical (unpaired) electrons. The Labute approximate surface area is 378 Å². The number of aromatic hydroxyl groups is 2. The normalized spacial score (nSPS) is 8.67. The molecule has 15 heteroatoms. The predicted molar refractivity (Wildman–Crippen MR) is 157 cm³/mol. The average Bonchev–Trinajstić information content (AvgIpc) is 2.96. The minimum absolute atomic E-state index is 0.